The Bertz CT molecular complexity index is 1040. The number of hydrogen-bond acceptors (Lipinski definition) is 4. The minimum atomic E-state index is -0.365. The van der Waals surface area contributed by atoms with Gasteiger partial charge in [0, 0.05) is 22.9 Å². The summed E-state index contributed by atoms with van der Waals surface area (Å²) in [5.74, 6) is 0.310. The van der Waals surface area contributed by atoms with E-state index in [-0.39, 0.29) is 18.3 Å². The monoisotopic (exact) mass is 442 g/mol. The van der Waals surface area contributed by atoms with E-state index in [2.05, 4.69) is 10.6 Å². The third kappa shape index (κ3) is 6.36. The van der Waals surface area contributed by atoms with Crippen molar-refractivity contribution in [2.24, 2.45) is 0 Å². The van der Waals surface area contributed by atoms with Crippen molar-refractivity contribution in [2.45, 2.75) is 20.4 Å². The van der Waals surface area contributed by atoms with Crippen LogP contribution in [0, 0.1) is 12.7 Å². The highest BCUT2D eigenvalue weighted by Gasteiger charge is 2.10. The van der Waals surface area contributed by atoms with Crippen LogP contribution in [0.4, 0.5) is 15.8 Å². The van der Waals surface area contributed by atoms with Crippen molar-refractivity contribution < 1.29 is 18.7 Å². The zero-order valence-corrected chi connectivity index (χ0v) is 18.1. The van der Waals surface area contributed by atoms with Crippen molar-refractivity contribution >= 4 is 28.9 Å². The number of hydrogen-bond donors (Lipinski definition) is 2. The second kappa shape index (κ2) is 10.7. The fourth-order valence-electron chi connectivity index (χ4n) is 2.92. The highest BCUT2D eigenvalue weighted by molar-refractivity contribution is 6.31. The molecule has 0 atom stereocenters. The first kappa shape index (κ1) is 22.4. The lowest BCUT2D eigenvalue weighted by atomic mass is 10.1. The molecule has 7 heteroatoms. The molecule has 31 heavy (non-hydrogen) atoms. The Morgan fingerprint density at radius 2 is 1.81 bits per heavy atom. The maximum atomic E-state index is 13.0. The topological polar surface area (TPSA) is 59.6 Å². The lowest BCUT2D eigenvalue weighted by Crippen LogP contribution is -2.20. The van der Waals surface area contributed by atoms with E-state index in [9.17, 15) is 9.18 Å². The van der Waals surface area contributed by atoms with Gasteiger partial charge < -0.3 is 20.1 Å². The highest BCUT2D eigenvalue weighted by atomic mass is 35.5. The summed E-state index contributed by atoms with van der Waals surface area (Å²) in [4.78, 5) is 12.1. The lowest BCUT2D eigenvalue weighted by Gasteiger charge is -2.15. The SMILES string of the molecule is CCOc1cc(CNc2cccc(Cl)c2C)ccc1OCC(=O)Nc1ccc(F)cc1. The van der Waals surface area contributed by atoms with Crippen LogP contribution in [0.3, 0.4) is 0 Å². The van der Waals surface area contributed by atoms with E-state index in [0.717, 1.165) is 16.8 Å². The Hall–Kier alpha value is -3.25. The molecule has 3 aromatic rings. The van der Waals surface area contributed by atoms with Crippen molar-refractivity contribution in [1.29, 1.82) is 0 Å². The van der Waals surface area contributed by atoms with Crippen LogP contribution in [0.25, 0.3) is 0 Å². The molecule has 3 aromatic carbocycles. The summed E-state index contributed by atoms with van der Waals surface area (Å²) in [5.41, 5.74) is 3.44. The fraction of sp³-hybridized carbons (Fsp3) is 0.208. The van der Waals surface area contributed by atoms with Crippen LogP contribution in [-0.4, -0.2) is 19.1 Å². The summed E-state index contributed by atoms with van der Waals surface area (Å²) in [6.07, 6.45) is 0. The summed E-state index contributed by atoms with van der Waals surface area (Å²) >= 11 is 6.18. The first-order valence-electron chi connectivity index (χ1n) is 9.89. The van der Waals surface area contributed by atoms with E-state index in [0.29, 0.717) is 35.4 Å². The van der Waals surface area contributed by atoms with Gasteiger partial charge in [0.25, 0.3) is 5.91 Å². The molecule has 0 aliphatic carbocycles. The molecule has 3 rings (SSSR count). The Kier molecular flexibility index (Phi) is 7.73. The Labute approximate surface area is 186 Å². The fourth-order valence-corrected chi connectivity index (χ4v) is 3.09. The van der Waals surface area contributed by atoms with Crippen molar-refractivity contribution in [2.75, 3.05) is 23.8 Å². The van der Waals surface area contributed by atoms with Gasteiger partial charge in [0.1, 0.15) is 5.82 Å². The molecule has 0 heterocycles. The van der Waals surface area contributed by atoms with Gasteiger partial charge in [-0.3, -0.25) is 4.79 Å². The second-order valence-corrected chi connectivity index (χ2v) is 7.23. The molecule has 0 fully saturated rings. The molecule has 1 amide bonds. The number of nitrogens with one attached hydrogen (secondary N) is 2. The summed E-state index contributed by atoms with van der Waals surface area (Å²) in [5, 5.41) is 6.74. The van der Waals surface area contributed by atoms with Crippen molar-refractivity contribution in [3.8, 4) is 11.5 Å². The van der Waals surface area contributed by atoms with Gasteiger partial charge in [0.05, 0.1) is 6.61 Å². The van der Waals surface area contributed by atoms with E-state index in [1.54, 1.807) is 6.07 Å². The van der Waals surface area contributed by atoms with E-state index in [1.807, 2.05) is 44.2 Å². The zero-order chi connectivity index (χ0) is 22.2. The number of carbonyl (C=O) groups excluding carboxylic acids is 1. The lowest BCUT2D eigenvalue weighted by molar-refractivity contribution is -0.118. The number of ether oxygens (including phenoxy) is 2. The maximum Gasteiger partial charge on any atom is 0.262 e. The van der Waals surface area contributed by atoms with Gasteiger partial charge in [0.15, 0.2) is 18.1 Å². The molecule has 0 aliphatic rings. The van der Waals surface area contributed by atoms with Gasteiger partial charge in [-0.1, -0.05) is 23.7 Å². The van der Waals surface area contributed by atoms with Crippen molar-refractivity contribution in [3.05, 3.63) is 82.6 Å². The van der Waals surface area contributed by atoms with Crippen LogP contribution < -0.4 is 20.1 Å². The average Bonchev–Trinajstić information content (AvgIpc) is 2.76. The van der Waals surface area contributed by atoms with E-state index >= 15 is 0 Å². The van der Waals surface area contributed by atoms with E-state index in [1.165, 1.54) is 24.3 Å². The van der Waals surface area contributed by atoms with Crippen LogP contribution in [0.5, 0.6) is 11.5 Å². The third-order valence-electron chi connectivity index (χ3n) is 4.55. The molecule has 0 aromatic heterocycles. The number of benzene rings is 3. The first-order valence-corrected chi connectivity index (χ1v) is 10.3. The normalized spacial score (nSPS) is 10.5. The molecule has 0 aliphatic heterocycles. The molecule has 0 unspecified atom stereocenters. The smallest absolute Gasteiger partial charge is 0.262 e. The predicted molar refractivity (Wildman–Crippen MR) is 122 cm³/mol. The van der Waals surface area contributed by atoms with Crippen LogP contribution in [-0.2, 0) is 11.3 Å². The number of amides is 1. The number of carbonyl (C=O) groups is 1. The Balaban J connectivity index is 1.62. The summed E-state index contributed by atoms with van der Waals surface area (Å²) in [6.45, 7) is 4.68. The number of halogens is 2. The van der Waals surface area contributed by atoms with Gasteiger partial charge in [-0.15, -0.1) is 0 Å². The number of anilines is 2. The van der Waals surface area contributed by atoms with Crippen LogP contribution in [0.15, 0.2) is 60.7 Å². The molecular weight excluding hydrogens is 419 g/mol. The maximum absolute atomic E-state index is 13.0. The third-order valence-corrected chi connectivity index (χ3v) is 4.95. The van der Waals surface area contributed by atoms with Gasteiger partial charge in [-0.25, -0.2) is 4.39 Å². The predicted octanol–water partition coefficient (Wildman–Crippen LogP) is 5.82. The largest absolute Gasteiger partial charge is 0.490 e. The molecule has 0 saturated heterocycles. The zero-order valence-electron chi connectivity index (χ0n) is 17.4. The molecule has 0 radical (unpaired) electrons. The molecule has 0 spiro atoms. The average molecular weight is 443 g/mol. The first-order chi connectivity index (χ1) is 15.0. The molecule has 0 bridgehead atoms. The van der Waals surface area contributed by atoms with Gasteiger partial charge in [0.2, 0.25) is 0 Å². The van der Waals surface area contributed by atoms with Crippen LogP contribution in [0.1, 0.15) is 18.1 Å². The van der Waals surface area contributed by atoms with Crippen molar-refractivity contribution in [1.82, 2.24) is 0 Å². The highest BCUT2D eigenvalue weighted by Crippen LogP contribution is 2.29. The minimum absolute atomic E-state index is 0.198. The van der Waals surface area contributed by atoms with E-state index < -0.39 is 0 Å². The number of rotatable bonds is 9. The summed E-state index contributed by atoms with van der Waals surface area (Å²) in [6, 6.07) is 16.8. The van der Waals surface area contributed by atoms with Crippen LogP contribution >= 0.6 is 11.6 Å². The minimum Gasteiger partial charge on any atom is -0.490 e. The Morgan fingerprint density at radius 3 is 2.55 bits per heavy atom. The molecule has 2 N–H and O–H groups in total. The standard InChI is InChI=1S/C24H24ClFN2O3/c1-3-30-23-13-17(14-27-21-6-4-5-20(25)16(21)2)7-12-22(23)31-15-24(29)28-19-10-8-18(26)9-11-19/h4-13,27H,3,14-15H2,1-2H3,(H,28,29). The Morgan fingerprint density at radius 1 is 1.03 bits per heavy atom. The molecule has 5 nitrogen and oxygen atoms in total. The van der Waals surface area contributed by atoms with Gasteiger partial charge >= 0.3 is 0 Å². The quantitative estimate of drug-likeness (QED) is 0.438. The molecule has 0 saturated carbocycles. The van der Waals surface area contributed by atoms with Crippen LogP contribution in [0.2, 0.25) is 5.02 Å². The summed E-state index contributed by atoms with van der Waals surface area (Å²) in [7, 11) is 0. The second-order valence-electron chi connectivity index (χ2n) is 6.82. The molecule has 162 valence electrons. The van der Waals surface area contributed by atoms with E-state index in [4.69, 9.17) is 21.1 Å². The van der Waals surface area contributed by atoms with Gasteiger partial charge in [-0.2, -0.15) is 0 Å². The van der Waals surface area contributed by atoms with Crippen molar-refractivity contribution in [3.63, 3.8) is 0 Å². The molecular formula is C24H24ClFN2O3. The summed E-state index contributed by atoms with van der Waals surface area (Å²) < 4.78 is 24.3. The van der Waals surface area contributed by atoms with Gasteiger partial charge in [-0.05, 0) is 73.5 Å².